The molecule has 0 fully saturated rings. The number of hydrogen-bond acceptors (Lipinski definition) is 5. The molecule has 0 amide bonds. The van der Waals surface area contributed by atoms with E-state index in [0.717, 1.165) is 0 Å². The number of alkyl halides is 3. The van der Waals surface area contributed by atoms with Crippen LogP contribution in [0.3, 0.4) is 0 Å². The van der Waals surface area contributed by atoms with E-state index in [0.29, 0.717) is 11.0 Å². The molecule has 2 heterocycles. The number of carbonyl (C=O) groups is 1. The number of Topliss-reactive ketones (excluding diaryl/α,β-unsaturated/α-hetero) is 1. The zero-order chi connectivity index (χ0) is 17.9. The van der Waals surface area contributed by atoms with Crippen LogP contribution in [0.4, 0.5) is 13.2 Å². The summed E-state index contributed by atoms with van der Waals surface area (Å²) in [6.45, 7) is 0. The van der Waals surface area contributed by atoms with Crippen LogP contribution in [0.5, 0.6) is 5.75 Å². The third kappa shape index (κ3) is 2.10. The summed E-state index contributed by atoms with van der Waals surface area (Å²) in [7, 11) is 0. The van der Waals surface area contributed by atoms with Gasteiger partial charge in [0.1, 0.15) is 22.5 Å². The number of rotatable bonds is 1. The van der Waals surface area contributed by atoms with Gasteiger partial charge in [-0.2, -0.15) is 13.2 Å². The van der Waals surface area contributed by atoms with Gasteiger partial charge in [0.15, 0.2) is 5.56 Å². The largest absolute Gasteiger partial charge is 0.506 e. The predicted molar refractivity (Wildman–Crippen MR) is 81.8 cm³/mol. The molecule has 25 heavy (non-hydrogen) atoms. The Morgan fingerprint density at radius 1 is 0.920 bits per heavy atom. The molecular weight excluding hydrogens is 341 g/mol. The first kappa shape index (κ1) is 15.3. The summed E-state index contributed by atoms with van der Waals surface area (Å²) in [6.07, 6.45) is -5.33. The van der Waals surface area contributed by atoms with E-state index in [1.807, 2.05) is 0 Å². The minimum atomic E-state index is -5.33. The first-order chi connectivity index (χ1) is 11.8. The number of hydrogen-bond donors (Lipinski definition) is 1. The van der Waals surface area contributed by atoms with Gasteiger partial charge in [0.05, 0.1) is 5.39 Å². The van der Waals surface area contributed by atoms with Crippen molar-refractivity contribution in [3.05, 3.63) is 52.4 Å². The highest BCUT2D eigenvalue weighted by Crippen LogP contribution is 2.40. The minimum Gasteiger partial charge on any atom is -0.506 e. The number of carbonyl (C=O) groups excluding carboxylic acids is 1. The van der Waals surface area contributed by atoms with Crippen LogP contribution in [0.25, 0.3) is 32.9 Å². The smallest absolute Gasteiger partial charge is 0.455 e. The normalized spacial score (nSPS) is 12.3. The first-order valence-electron chi connectivity index (χ1n) is 7.00. The summed E-state index contributed by atoms with van der Waals surface area (Å²) in [5.41, 5.74) is -2.46. The lowest BCUT2D eigenvalue weighted by atomic mass is 10.0. The van der Waals surface area contributed by atoms with E-state index in [-0.39, 0.29) is 21.9 Å². The predicted octanol–water partition coefficient (Wildman–Crippen LogP) is 4.14. The Bertz CT molecular complexity index is 1230. The van der Waals surface area contributed by atoms with E-state index in [2.05, 4.69) is 0 Å². The molecule has 2 aromatic heterocycles. The van der Waals surface area contributed by atoms with Gasteiger partial charge in [-0.1, -0.05) is 18.2 Å². The molecule has 4 aromatic rings. The van der Waals surface area contributed by atoms with Crippen LogP contribution in [0, 0.1) is 0 Å². The molecule has 0 aliphatic carbocycles. The number of aromatic hydroxyl groups is 1. The standard InChI is InChI=1S/C17H7F3O5/c18-17(19,20)15(22)13-14(21)12-10(25-16(13)23)6-5-9-11(12)7-3-1-2-4-8(7)24-9/h1-6,21H. The van der Waals surface area contributed by atoms with Gasteiger partial charge in [0.2, 0.25) is 0 Å². The Kier molecular flexibility index (Phi) is 2.96. The van der Waals surface area contributed by atoms with Gasteiger partial charge in [-0.05, 0) is 18.2 Å². The number of halogens is 3. The van der Waals surface area contributed by atoms with Gasteiger partial charge in [-0.25, -0.2) is 4.79 Å². The Hall–Kier alpha value is -3.29. The lowest BCUT2D eigenvalue weighted by molar-refractivity contribution is -0.0888. The highest BCUT2D eigenvalue weighted by Gasteiger charge is 2.43. The van der Waals surface area contributed by atoms with Crippen molar-refractivity contribution in [1.82, 2.24) is 0 Å². The number of ketones is 1. The highest BCUT2D eigenvalue weighted by molar-refractivity contribution is 6.21. The fourth-order valence-electron chi connectivity index (χ4n) is 2.83. The van der Waals surface area contributed by atoms with E-state index in [9.17, 15) is 27.9 Å². The van der Waals surface area contributed by atoms with Gasteiger partial charge >= 0.3 is 11.8 Å². The van der Waals surface area contributed by atoms with E-state index in [4.69, 9.17) is 8.83 Å². The fourth-order valence-corrected chi connectivity index (χ4v) is 2.83. The maximum atomic E-state index is 12.7. The van der Waals surface area contributed by atoms with Crippen LogP contribution in [0.1, 0.15) is 10.4 Å². The number of benzene rings is 2. The highest BCUT2D eigenvalue weighted by atomic mass is 19.4. The van der Waals surface area contributed by atoms with Crippen molar-refractivity contribution < 1.29 is 31.9 Å². The van der Waals surface area contributed by atoms with Crippen LogP contribution < -0.4 is 5.63 Å². The lowest BCUT2D eigenvalue weighted by Crippen LogP contribution is -2.28. The van der Waals surface area contributed by atoms with Gasteiger partial charge < -0.3 is 13.9 Å². The molecule has 4 rings (SSSR count). The van der Waals surface area contributed by atoms with Crippen molar-refractivity contribution in [2.45, 2.75) is 6.18 Å². The molecule has 0 aliphatic heterocycles. The summed E-state index contributed by atoms with van der Waals surface area (Å²) in [6, 6.07) is 9.39. The average molecular weight is 348 g/mol. The molecule has 0 aliphatic rings. The summed E-state index contributed by atoms with van der Waals surface area (Å²) in [5.74, 6) is -3.55. The Labute approximate surface area is 135 Å². The number of para-hydroxylation sites is 1. The molecular formula is C17H7F3O5. The van der Waals surface area contributed by atoms with Crippen molar-refractivity contribution in [2.75, 3.05) is 0 Å². The zero-order valence-electron chi connectivity index (χ0n) is 12.2. The second-order valence-electron chi connectivity index (χ2n) is 5.35. The molecule has 5 nitrogen and oxygen atoms in total. The number of furan rings is 1. The Balaban J connectivity index is 2.23. The summed E-state index contributed by atoms with van der Waals surface area (Å²) >= 11 is 0. The monoisotopic (exact) mass is 348 g/mol. The average Bonchev–Trinajstić information content (AvgIpc) is 2.92. The third-order valence-corrected chi connectivity index (χ3v) is 3.87. The van der Waals surface area contributed by atoms with Gasteiger partial charge in [-0.15, -0.1) is 0 Å². The van der Waals surface area contributed by atoms with E-state index >= 15 is 0 Å². The third-order valence-electron chi connectivity index (χ3n) is 3.87. The fraction of sp³-hybridized carbons (Fsp3) is 0.0588. The Morgan fingerprint density at radius 3 is 2.24 bits per heavy atom. The molecule has 126 valence electrons. The number of fused-ring (bicyclic) bond motifs is 5. The van der Waals surface area contributed by atoms with Crippen molar-refractivity contribution in [1.29, 1.82) is 0 Å². The summed E-state index contributed by atoms with van der Waals surface area (Å²) in [4.78, 5) is 23.3. The van der Waals surface area contributed by atoms with Gasteiger partial charge in [-0.3, -0.25) is 4.79 Å². The SMILES string of the molecule is O=C(c1c(O)c2c(ccc3oc4ccccc4c32)oc1=O)C(F)(F)F. The van der Waals surface area contributed by atoms with E-state index in [1.165, 1.54) is 12.1 Å². The van der Waals surface area contributed by atoms with Gasteiger partial charge in [0, 0.05) is 10.8 Å². The first-order valence-corrected chi connectivity index (χ1v) is 7.00. The van der Waals surface area contributed by atoms with Crippen molar-refractivity contribution >= 4 is 38.7 Å². The summed E-state index contributed by atoms with van der Waals surface area (Å²) in [5, 5.41) is 10.9. The maximum absolute atomic E-state index is 12.7. The van der Waals surface area contributed by atoms with Gasteiger partial charge in [0.25, 0.3) is 5.78 Å². The van der Waals surface area contributed by atoms with Crippen molar-refractivity contribution in [3.63, 3.8) is 0 Å². The molecule has 0 unspecified atom stereocenters. The molecule has 1 N–H and O–H groups in total. The van der Waals surface area contributed by atoms with E-state index in [1.54, 1.807) is 24.3 Å². The van der Waals surface area contributed by atoms with Crippen LogP contribution in [-0.4, -0.2) is 17.1 Å². The van der Waals surface area contributed by atoms with Crippen LogP contribution in [-0.2, 0) is 0 Å². The Morgan fingerprint density at radius 2 is 1.56 bits per heavy atom. The molecule has 0 spiro atoms. The molecule has 0 saturated carbocycles. The maximum Gasteiger partial charge on any atom is 0.455 e. The molecule has 0 atom stereocenters. The van der Waals surface area contributed by atoms with Crippen molar-refractivity contribution in [3.8, 4) is 5.75 Å². The van der Waals surface area contributed by atoms with Crippen LogP contribution >= 0.6 is 0 Å². The van der Waals surface area contributed by atoms with Crippen molar-refractivity contribution in [2.24, 2.45) is 0 Å². The molecule has 0 radical (unpaired) electrons. The van der Waals surface area contributed by atoms with E-state index < -0.39 is 28.9 Å². The molecule has 0 saturated heterocycles. The summed E-state index contributed by atoms with van der Waals surface area (Å²) < 4.78 is 48.6. The second-order valence-corrected chi connectivity index (χ2v) is 5.35. The molecule has 0 bridgehead atoms. The topological polar surface area (TPSA) is 80.7 Å². The van der Waals surface area contributed by atoms with Crippen LogP contribution in [0.2, 0.25) is 0 Å². The van der Waals surface area contributed by atoms with Crippen LogP contribution in [0.15, 0.2) is 50.0 Å². The molecule has 2 aromatic carbocycles. The second kappa shape index (κ2) is 4.85. The molecule has 8 heteroatoms. The lowest BCUT2D eigenvalue weighted by Gasteiger charge is -2.08. The quantitative estimate of drug-likeness (QED) is 0.413. The minimum absolute atomic E-state index is 0.153. The zero-order valence-corrected chi connectivity index (χ0v) is 12.2.